The van der Waals surface area contributed by atoms with Gasteiger partial charge in [0.1, 0.15) is 5.75 Å². The lowest BCUT2D eigenvalue weighted by molar-refractivity contribution is -0.131. The molecule has 24 heavy (non-hydrogen) atoms. The van der Waals surface area contributed by atoms with Crippen LogP contribution in [0.15, 0.2) is 59.5 Å². The predicted molar refractivity (Wildman–Crippen MR) is 102 cm³/mol. The van der Waals surface area contributed by atoms with Gasteiger partial charge in [0.25, 0.3) is 0 Å². The molecule has 3 aromatic carbocycles. The highest BCUT2D eigenvalue weighted by Gasteiger charge is 2.10. The van der Waals surface area contributed by atoms with E-state index in [-0.39, 0.29) is 11.7 Å². The number of esters is 1. The van der Waals surface area contributed by atoms with Crippen LogP contribution in [0.4, 0.5) is 0 Å². The second kappa shape index (κ2) is 7.47. The highest BCUT2D eigenvalue weighted by molar-refractivity contribution is 8.00. The first-order valence-electron chi connectivity index (χ1n) is 7.31. The molecule has 3 aromatic rings. The third-order valence-electron chi connectivity index (χ3n) is 3.52. The SMILES string of the molecule is Cc1cc(OC(=O)CSc2cccc3cccc(Cl)c23)ccc1Cl. The van der Waals surface area contributed by atoms with Gasteiger partial charge in [-0.25, -0.2) is 0 Å². The Bertz CT molecular complexity index is 904. The zero-order chi connectivity index (χ0) is 17.1. The molecule has 0 saturated heterocycles. The molecule has 5 heteroatoms. The third-order valence-corrected chi connectivity index (χ3v) is 5.29. The van der Waals surface area contributed by atoms with Crippen LogP contribution < -0.4 is 4.74 Å². The minimum Gasteiger partial charge on any atom is -0.426 e. The van der Waals surface area contributed by atoms with E-state index in [2.05, 4.69) is 0 Å². The van der Waals surface area contributed by atoms with E-state index in [9.17, 15) is 4.79 Å². The van der Waals surface area contributed by atoms with Crippen LogP contribution in [-0.4, -0.2) is 11.7 Å². The van der Waals surface area contributed by atoms with Gasteiger partial charge in [0.15, 0.2) is 0 Å². The summed E-state index contributed by atoms with van der Waals surface area (Å²) >= 11 is 13.7. The topological polar surface area (TPSA) is 26.3 Å². The van der Waals surface area contributed by atoms with Crippen LogP contribution >= 0.6 is 35.0 Å². The molecule has 0 aliphatic carbocycles. The number of hydrogen-bond donors (Lipinski definition) is 0. The van der Waals surface area contributed by atoms with E-state index in [1.165, 1.54) is 11.8 Å². The lowest BCUT2D eigenvalue weighted by Gasteiger charge is -2.09. The fourth-order valence-electron chi connectivity index (χ4n) is 2.36. The van der Waals surface area contributed by atoms with Crippen LogP contribution in [0, 0.1) is 6.92 Å². The van der Waals surface area contributed by atoms with Crippen molar-refractivity contribution in [3.63, 3.8) is 0 Å². The molecule has 0 amide bonds. The van der Waals surface area contributed by atoms with Crippen LogP contribution in [0.1, 0.15) is 5.56 Å². The molecule has 0 heterocycles. The first-order chi connectivity index (χ1) is 11.5. The van der Waals surface area contributed by atoms with E-state index < -0.39 is 0 Å². The Kier molecular flexibility index (Phi) is 5.34. The highest BCUT2D eigenvalue weighted by Crippen LogP contribution is 2.33. The minimum atomic E-state index is -0.314. The number of benzene rings is 3. The number of carbonyl (C=O) groups is 1. The molecule has 0 aromatic heterocycles. The van der Waals surface area contributed by atoms with Crippen molar-refractivity contribution < 1.29 is 9.53 Å². The Morgan fingerprint density at radius 1 is 1.04 bits per heavy atom. The fraction of sp³-hybridized carbons (Fsp3) is 0.105. The summed E-state index contributed by atoms with van der Waals surface area (Å²) in [6, 6.07) is 16.8. The number of halogens is 2. The Morgan fingerprint density at radius 2 is 1.79 bits per heavy atom. The monoisotopic (exact) mass is 376 g/mol. The summed E-state index contributed by atoms with van der Waals surface area (Å²) in [5.74, 6) is 0.385. The van der Waals surface area contributed by atoms with E-state index in [1.807, 2.05) is 43.3 Å². The zero-order valence-electron chi connectivity index (χ0n) is 12.9. The number of fused-ring (bicyclic) bond motifs is 1. The Balaban J connectivity index is 1.71. The number of thioether (sulfide) groups is 1. The molecule has 3 rings (SSSR count). The Labute approximate surface area is 154 Å². The standard InChI is InChI=1S/C19H14Cl2O2S/c1-12-10-14(8-9-15(12)20)23-18(22)11-24-17-7-3-5-13-4-2-6-16(21)19(13)17/h2-10H,11H2,1H3. The molecule has 0 spiro atoms. The number of aryl methyl sites for hydroxylation is 1. The summed E-state index contributed by atoms with van der Waals surface area (Å²) in [5, 5.41) is 3.34. The molecule has 122 valence electrons. The highest BCUT2D eigenvalue weighted by atomic mass is 35.5. The fourth-order valence-corrected chi connectivity index (χ4v) is 3.70. The largest absolute Gasteiger partial charge is 0.426 e. The van der Waals surface area contributed by atoms with Crippen molar-refractivity contribution in [2.75, 3.05) is 5.75 Å². The summed E-state index contributed by atoms with van der Waals surface area (Å²) in [6.07, 6.45) is 0. The summed E-state index contributed by atoms with van der Waals surface area (Å²) in [5.41, 5.74) is 0.871. The van der Waals surface area contributed by atoms with Gasteiger partial charge in [-0.1, -0.05) is 47.5 Å². The average molecular weight is 377 g/mol. The smallest absolute Gasteiger partial charge is 0.321 e. The van der Waals surface area contributed by atoms with Crippen LogP contribution in [0.3, 0.4) is 0 Å². The predicted octanol–water partition coefficient (Wildman–Crippen LogP) is 6.15. The van der Waals surface area contributed by atoms with Crippen molar-refractivity contribution in [3.8, 4) is 5.75 Å². The van der Waals surface area contributed by atoms with E-state index >= 15 is 0 Å². The number of carbonyl (C=O) groups excluding carboxylic acids is 1. The normalized spacial score (nSPS) is 10.8. The summed E-state index contributed by atoms with van der Waals surface area (Å²) in [7, 11) is 0. The van der Waals surface area contributed by atoms with Crippen molar-refractivity contribution in [1.29, 1.82) is 0 Å². The molecule has 0 atom stereocenters. The van der Waals surface area contributed by atoms with Gasteiger partial charge in [0, 0.05) is 20.3 Å². The van der Waals surface area contributed by atoms with Crippen LogP contribution in [0.5, 0.6) is 5.75 Å². The van der Waals surface area contributed by atoms with E-state index in [4.69, 9.17) is 27.9 Å². The zero-order valence-corrected chi connectivity index (χ0v) is 15.2. The lowest BCUT2D eigenvalue weighted by Crippen LogP contribution is -2.10. The van der Waals surface area contributed by atoms with Crippen LogP contribution in [0.2, 0.25) is 10.0 Å². The Hall–Kier alpha value is -1.68. The number of hydrogen-bond acceptors (Lipinski definition) is 3. The van der Waals surface area contributed by atoms with Gasteiger partial charge in [0.2, 0.25) is 0 Å². The maximum absolute atomic E-state index is 12.1. The van der Waals surface area contributed by atoms with Gasteiger partial charge in [-0.2, -0.15) is 0 Å². The quantitative estimate of drug-likeness (QED) is 0.310. The van der Waals surface area contributed by atoms with Gasteiger partial charge >= 0.3 is 5.97 Å². The second-order valence-electron chi connectivity index (χ2n) is 5.27. The molecule has 0 fully saturated rings. The van der Waals surface area contributed by atoms with Gasteiger partial charge in [-0.15, -0.1) is 11.8 Å². The Morgan fingerprint density at radius 3 is 2.54 bits per heavy atom. The maximum atomic E-state index is 12.1. The molecular weight excluding hydrogens is 363 g/mol. The second-order valence-corrected chi connectivity index (χ2v) is 7.10. The summed E-state index contributed by atoms with van der Waals surface area (Å²) in [6.45, 7) is 1.87. The van der Waals surface area contributed by atoms with E-state index in [0.29, 0.717) is 15.8 Å². The molecule has 2 nitrogen and oxygen atoms in total. The molecule has 0 unspecified atom stereocenters. The number of ether oxygens (including phenoxy) is 1. The molecule has 0 N–H and O–H groups in total. The van der Waals surface area contributed by atoms with Crippen molar-refractivity contribution in [2.45, 2.75) is 11.8 Å². The van der Waals surface area contributed by atoms with Crippen LogP contribution in [-0.2, 0) is 4.79 Å². The summed E-state index contributed by atoms with van der Waals surface area (Å²) in [4.78, 5) is 13.1. The lowest BCUT2D eigenvalue weighted by atomic mass is 10.1. The molecule has 0 radical (unpaired) electrons. The molecule has 0 bridgehead atoms. The maximum Gasteiger partial charge on any atom is 0.321 e. The van der Waals surface area contributed by atoms with Crippen molar-refractivity contribution in [3.05, 3.63) is 70.2 Å². The van der Waals surface area contributed by atoms with Gasteiger partial charge < -0.3 is 4.74 Å². The average Bonchev–Trinajstić information content (AvgIpc) is 2.56. The van der Waals surface area contributed by atoms with Crippen molar-refractivity contribution in [1.82, 2.24) is 0 Å². The van der Waals surface area contributed by atoms with E-state index in [1.54, 1.807) is 18.2 Å². The van der Waals surface area contributed by atoms with Crippen molar-refractivity contribution in [2.24, 2.45) is 0 Å². The van der Waals surface area contributed by atoms with Gasteiger partial charge in [-0.05, 0) is 48.2 Å². The minimum absolute atomic E-state index is 0.200. The van der Waals surface area contributed by atoms with Gasteiger partial charge in [-0.3, -0.25) is 4.79 Å². The molecule has 0 aliphatic heterocycles. The van der Waals surface area contributed by atoms with Crippen LogP contribution in [0.25, 0.3) is 10.8 Å². The molecule has 0 saturated carbocycles. The van der Waals surface area contributed by atoms with Crippen molar-refractivity contribution >= 4 is 51.7 Å². The van der Waals surface area contributed by atoms with E-state index in [0.717, 1.165) is 21.2 Å². The molecular formula is C19H14Cl2O2S. The van der Waals surface area contributed by atoms with Gasteiger partial charge in [0.05, 0.1) is 5.75 Å². The summed E-state index contributed by atoms with van der Waals surface area (Å²) < 4.78 is 5.36. The molecule has 0 aliphatic rings. The first kappa shape index (κ1) is 17.2. The third kappa shape index (κ3) is 3.86. The number of rotatable bonds is 4. The first-order valence-corrected chi connectivity index (χ1v) is 9.05.